The second kappa shape index (κ2) is 6.69. The standard InChI is InChI=1S/C16H10N4O5S/c21-13(20-16-18-10(8-26-16)11-3-1-5-23-11)9-7-25-15(17-9)19-14(22)12-4-2-6-24-12/h1-8H,(H,17,19,22)(H,18,20,21). The molecular weight excluding hydrogens is 360 g/mol. The molecule has 4 aromatic rings. The van der Waals surface area contributed by atoms with E-state index >= 15 is 0 Å². The third kappa shape index (κ3) is 3.26. The first-order valence-corrected chi connectivity index (χ1v) is 8.18. The lowest BCUT2D eigenvalue weighted by molar-refractivity contribution is 0.0990. The second-order valence-corrected chi connectivity index (χ2v) is 5.80. The van der Waals surface area contributed by atoms with Crippen LogP contribution in [0.4, 0.5) is 11.1 Å². The molecule has 4 heterocycles. The minimum atomic E-state index is -0.535. The summed E-state index contributed by atoms with van der Waals surface area (Å²) in [5.74, 6) is -0.354. The van der Waals surface area contributed by atoms with Crippen LogP contribution in [0.5, 0.6) is 0 Å². The summed E-state index contributed by atoms with van der Waals surface area (Å²) in [6.07, 6.45) is 4.05. The van der Waals surface area contributed by atoms with Gasteiger partial charge in [-0.1, -0.05) is 0 Å². The number of hydrogen-bond donors (Lipinski definition) is 2. The number of carbonyl (C=O) groups is 2. The normalized spacial score (nSPS) is 10.6. The predicted molar refractivity (Wildman–Crippen MR) is 90.9 cm³/mol. The number of thiazole rings is 1. The fourth-order valence-electron chi connectivity index (χ4n) is 2.03. The van der Waals surface area contributed by atoms with E-state index in [0.717, 1.165) is 6.26 Å². The smallest absolute Gasteiger partial charge is 0.302 e. The van der Waals surface area contributed by atoms with Crippen molar-refractivity contribution in [3.8, 4) is 11.5 Å². The summed E-state index contributed by atoms with van der Waals surface area (Å²) in [6, 6.07) is 6.47. The molecule has 0 fully saturated rings. The van der Waals surface area contributed by atoms with Crippen LogP contribution in [0, 0.1) is 0 Å². The number of carbonyl (C=O) groups excluding carboxylic acids is 2. The van der Waals surface area contributed by atoms with E-state index < -0.39 is 11.8 Å². The minimum absolute atomic E-state index is 0.00510. The zero-order valence-electron chi connectivity index (χ0n) is 13.0. The Bertz CT molecular complexity index is 1030. The fourth-order valence-corrected chi connectivity index (χ4v) is 2.73. The van der Waals surface area contributed by atoms with Crippen LogP contribution in [-0.2, 0) is 0 Å². The van der Waals surface area contributed by atoms with E-state index in [9.17, 15) is 9.59 Å². The molecule has 4 rings (SSSR count). The molecule has 0 unspecified atom stereocenters. The Kier molecular flexibility index (Phi) is 4.07. The van der Waals surface area contributed by atoms with Gasteiger partial charge >= 0.3 is 6.01 Å². The lowest BCUT2D eigenvalue weighted by Crippen LogP contribution is -2.14. The van der Waals surface area contributed by atoms with Crippen molar-refractivity contribution in [2.75, 3.05) is 10.6 Å². The molecular formula is C16H10N4O5S. The molecule has 0 aliphatic heterocycles. The van der Waals surface area contributed by atoms with Gasteiger partial charge in [0.25, 0.3) is 11.8 Å². The van der Waals surface area contributed by atoms with Gasteiger partial charge in [0.15, 0.2) is 22.3 Å². The van der Waals surface area contributed by atoms with Crippen molar-refractivity contribution in [1.82, 2.24) is 9.97 Å². The van der Waals surface area contributed by atoms with Crippen LogP contribution in [-0.4, -0.2) is 21.8 Å². The highest BCUT2D eigenvalue weighted by molar-refractivity contribution is 7.14. The molecule has 0 aliphatic rings. The van der Waals surface area contributed by atoms with Crippen LogP contribution in [0.15, 0.2) is 61.7 Å². The van der Waals surface area contributed by atoms with Crippen molar-refractivity contribution in [3.05, 3.63) is 59.9 Å². The quantitative estimate of drug-likeness (QED) is 0.551. The summed E-state index contributed by atoms with van der Waals surface area (Å²) in [5, 5.41) is 7.13. The highest BCUT2D eigenvalue weighted by Crippen LogP contribution is 2.25. The Labute approximate surface area is 149 Å². The Morgan fingerprint density at radius 2 is 1.81 bits per heavy atom. The minimum Gasteiger partial charge on any atom is -0.463 e. The third-order valence-corrected chi connectivity index (χ3v) is 3.96. The molecule has 0 radical (unpaired) electrons. The van der Waals surface area contributed by atoms with Crippen LogP contribution in [0.2, 0.25) is 0 Å². The van der Waals surface area contributed by atoms with E-state index in [2.05, 4.69) is 20.6 Å². The molecule has 4 aromatic heterocycles. The summed E-state index contributed by atoms with van der Waals surface area (Å²) in [4.78, 5) is 32.2. The Morgan fingerprint density at radius 3 is 2.58 bits per heavy atom. The maximum Gasteiger partial charge on any atom is 0.302 e. The maximum atomic E-state index is 12.2. The van der Waals surface area contributed by atoms with Gasteiger partial charge in [0.2, 0.25) is 0 Å². The van der Waals surface area contributed by atoms with E-state index in [1.807, 2.05) is 0 Å². The van der Waals surface area contributed by atoms with Crippen molar-refractivity contribution in [2.45, 2.75) is 0 Å². The molecule has 0 bridgehead atoms. The molecule has 2 N–H and O–H groups in total. The molecule has 26 heavy (non-hydrogen) atoms. The monoisotopic (exact) mass is 370 g/mol. The molecule has 0 atom stereocenters. The number of anilines is 2. The molecule has 0 aliphatic carbocycles. The lowest BCUT2D eigenvalue weighted by Gasteiger charge is -1.97. The van der Waals surface area contributed by atoms with Crippen molar-refractivity contribution in [1.29, 1.82) is 0 Å². The Morgan fingerprint density at radius 1 is 0.962 bits per heavy atom. The SMILES string of the molecule is O=C(Nc1nc(-c2ccco2)cs1)c1coc(NC(=O)c2ccco2)n1. The van der Waals surface area contributed by atoms with Crippen molar-refractivity contribution in [3.63, 3.8) is 0 Å². The number of rotatable bonds is 5. The van der Waals surface area contributed by atoms with Gasteiger partial charge in [-0.05, 0) is 24.3 Å². The molecule has 9 nitrogen and oxygen atoms in total. The summed E-state index contributed by atoms with van der Waals surface area (Å²) in [5.41, 5.74) is 0.608. The third-order valence-electron chi connectivity index (χ3n) is 3.20. The summed E-state index contributed by atoms with van der Waals surface area (Å²) in [7, 11) is 0. The van der Waals surface area contributed by atoms with Crippen LogP contribution >= 0.6 is 11.3 Å². The van der Waals surface area contributed by atoms with E-state index in [0.29, 0.717) is 16.6 Å². The average molecular weight is 370 g/mol. The van der Waals surface area contributed by atoms with E-state index in [1.165, 1.54) is 23.7 Å². The summed E-state index contributed by atoms with van der Waals surface area (Å²) < 4.78 is 15.3. The number of amides is 2. The highest BCUT2D eigenvalue weighted by Gasteiger charge is 2.17. The molecule has 0 spiro atoms. The van der Waals surface area contributed by atoms with Gasteiger partial charge in [-0.15, -0.1) is 11.3 Å². The molecule has 2 amide bonds. The zero-order valence-corrected chi connectivity index (χ0v) is 13.8. The van der Waals surface area contributed by atoms with Gasteiger partial charge in [0.05, 0.1) is 12.5 Å². The summed E-state index contributed by atoms with van der Waals surface area (Å²) >= 11 is 1.24. The van der Waals surface area contributed by atoms with Crippen LogP contribution in [0.25, 0.3) is 11.5 Å². The van der Waals surface area contributed by atoms with Crippen molar-refractivity contribution >= 4 is 34.3 Å². The number of aromatic nitrogens is 2. The van der Waals surface area contributed by atoms with Crippen molar-refractivity contribution < 1.29 is 22.8 Å². The molecule has 0 aromatic carbocycles. The molecule has 0 saturated carbocycles. The van der Waals surface area contributed by atoms with Crippen LogP contribution < -0.4 is 10.6 Å². The zero-order chi connectivity index (χ0) is 17.9. The van der Waals surface area contributed by atoms with Crippen LogP contribution in [0.3, 0.4) is 0 Å². The number of nitrogens with zero attached hydrogens (tertiary/aromatic N) is 2. The predicted octanol–water partition coefficient (Wildman–Crippen LogP) is 3.49. The second-order valence-electron chi connectivity index (χ2n) is 4.94. The van der Waals surface area contributed by atoms with E-state index in [1.54, 1.807) is 29.8 Å². The van der Waals surface area contributed by atoms with Crippen LogP contribution in [0.1, 0.15) is 21.0 Å². The Hall–Kier alpha value is -3.66. The summed E-state index contributed by atoms with van der Waals surface area (Å²) in [6.45, 7) is 0. The first-order chi connectivity index (χ1) is 12.7. The van der Waals surface area contributed by atoms with Gasteiger partial charge < -0.3 is 13.3 Å². The maximum absolute atomic E-state index is 12.2. The number of hydrogen-bond acceptors (Lipinski definition) is 8. The van der Waals surface area contributed by atoms with Gasteiger partial charge in [0.1, 0.15) is 12.0 Å². The Balaban J connectivity index is 1.41. The topological polar surface area (TPSA) is 123 Å². The van der Waals surface area contributed by atoms with Gasteiger partial charge in [-0.25, -0.2) is 4.98 Å². The number of furan rings is 2. The number of nitrogens with one attached hydrogen (secondary N) is 2. The van der Waals surface area contributed by atoms with E-state index in [-0.39, 0.29) is 17.5 Å². The van der Waals surface area contributed by atoms with Crippen molar-refractivity contribution in [2.24, 2.45) is 0 Å². The highest BCUT2D eigenvalue weighted by atomic mass is 32.1. The average Bonchev–Trinajstić information content (AvgIpc) is 3.39. The lowest BCUT2D eigenvalue weighted by atomic mass is 10.4. The first-order valence-electron chi connectivity index (χ1n) is 7.30. The fraction of sp³-hybridized carbons (Fsp3) is 0. The molecule has 0 saturated heterocycles. The van der Waals surface area contributed by atoms with Gasteiger partial charge in [0, 0.05) is 5.38 Å². The van der Waals surface area contributed by atoms with Gasteiger partial charge in [-0.3, -0.25) is 20.2 Å². The largest absolute Gasteiger partial charge is 0.463 e. The van der Waals surface area contributed by atoms with Gasteiger partial charge in [-0.2, -0.15) is 4.98 Å². The number of oxazole rings is 1. The molecule has 130 valence electrons. The first kappa shape index (κ1) is 15.8. The van der Waals surface area contributed by atoms with E-state index in [4.69, 9.17) is 13.3 Å². The molecule has 10 heteroatoms.